The molecule has 0 radical (unpaired) electrons. The van der Waals surface area contributed by atoms with E-state index in [0.29, 0.717) is 5.92 Å². The average molecular weight is 959 g/mol. The van der Waals surface area contributed by atoms with Crippen molar-refractivity contribution in [2.24, 2.45) is 5.92 Å². The van der Waals surface area contributed by atoms with Crippen molar-refractivity contribution in [1.82, 2.24) is 4.57 Å². The van der Waals surface area contributed by atoms with E-state index in [2.05, 4.69) is 308 Å². The summed E-state index contributed by atoms with van der Waals surface area (Å²) in [5.41, 5.74) is 23.6. The van der Waals surface area contributed by atoms with Gasteiger partial charge in [0.25, 0.3) is 0 Å². The number of aromatic nitrogens is 1. The van der Waals surface area contributed by atoms with Crippen LogP contribution in [0.15, 0.2) is 291 Å². The van der Waals surface area contributed by atoms with Gasteiger partial charge in [-0.25, -0.2) is 0 Å². The zero-order valence-corrected chi connectivity index (χ0v) is 41.9. The molecule has 11 aromatic carbocycles. The van der Waals surface area contributed by atoms with Gasteiger partial charge in [0.15, 0.2) is 0 Å². The standard InChI is InChI=1S/C73H54N2/c1-51-21-14-15-34-68(51)63-47-62(54-26-10-4-11-27-54)49-67(50-63)74(65-41-39-55(40-42-65)61-45-59(52-22-6-2-7-23-52)44-60(46-61)53-24-8-3-9-25-53)66-33-19-29-57(48-66)56-28-18-30-58(43-56)69-36-20-38-72-73(69)70-35-16-17-37-71(70)75(72)64-31-12-5-13-32-64/h2-20,22-51H,21H2,1H3. The van der Waals surface area contributed by atoms with Crippen LogP contribution in [0, 0.1) is 5.92 Å². The fourth-order valence-corrected chi connectivity index (χ4v) is 11.3. The second-order valence-corrected chi connectivity index (χ2v) is 19.8. The molecular formula is C73H54N2. The lowest BCUT2D eigenvalue weighted by molar-refractivity contribution is 0.758. The molecule has 0 saturated heterocycles. The number of rotatable bonds is 11. The van der Waals surface area contributed by atoms with Crippen LogP contribution in [0.25, 0.3) is 99.8 Å². The first-order chi connectivity index (χ1) is 37.1. The SMILES string of the molecule is CC1CC=CC=C1c1cc(-c2ccccc2)cc(N(c2ccc(-c3cc(-c4ccccc4)cc(-c4ccccc4)c3)cc2)c2cccc(-c3cccc(-c4cccc5c4c4ccccc4n5-c4ccccc4)c3)c2)c1. The van der Waals surface area contributed by atoms with Crippen LogP contribution in [0.3, 0.4) is 0 Å². The third-order valence-corrected chi connectivity index (χ3v) is 15.0. The summed E-state index contributed by atoms with van der Waals surface area (Å²) >= 11 is 0. The summed E-state index contributed by atoms with van der Waals surface area (Å²) in [6.45, 7) is 2.34. The van der Waals surface area contributed by atoms with Gasteiger partial charge in [0, 0.05) is 33.5 Å². The third kappa shape index (κ3) is 8.87. The second kappa shape index (κ2) is 19.8. The molecule has 75 heavy (non-hydrogen) atoms. The van der Waals surface area contributed by atoms with Gasteiger partial charge in [0.05, 0.1) is 11.0 Å². The Kier molecular flexibility index (Phi) is 12.0. The van der Waals surface area contributed by atoms with Crippen LogP contribution < -0.4 is 4.90 Å². The topological polar surface area (TPSA) is 8.17 Å². The molecule has 12 aromatic rings. The Labute approximate surface area is 440 Å². The Hall–Kier alpha value is -9.50. The fraction of sp³-hybridized carbons (Fsp3) is 0.0411. The van der Waals surface area contributed by atoms with E-state index in [1.807, 2.05) is 0 Å². The molecular weight excluding hydrogens is 905 g/mol. The lowest BCUT2D eigenvalue weighted by Crippen LogP contribution is -2.11. The van der Waals surface area contributed by atoms with E-state index < -0.39 is 0 Å². The predicted octanol–water partition coefficient (Wildman–Crippen LogP) is 20.2. The number of hydrogen-bond donors (Lipinski definition) is 0. The summed E-state index contributed by atoms with van der Waals surface area (Å²) in [5.74, 6) is 0.394. The van der Waals surface area contributed by atoms with Crippen molar-refractivity contribution in [2.45, 2.75) is 13.3 Å². The fourth-order valence-electron chi connectivity index (χ4n) is 11.3. The molecule has 1 aromatic heterocycles. The molecule has 1 heterocycles. The molecule has 13 rings (SSSR count). The van der Waals surface area contributed by atoms with Gasteiger partial charge in [0.2, 0.25) is 0 Å². The average Bonchev–Trinajstić information content (AvgIpc) is 3.85. The summed E-state index contributed by atoms with van der Waals surface area (Å²) in [6.07, 6.45) is 7.83. The van der Waals surface area contributed by atoms with Crippen molar-refractivity contribution in [1.29, 1.82) is 0 Å². The first kappa shape index (κ1) is 45.4. The molecule has 0 aliphatic heterocycles. The van der Waals surface area contributed by atoms with E-state index in [1.165, 1.54) is 83.0 Å². The highest BCUT2D eigenvalue weighted by atomic mass is 15.1. The zero-order valence-electron chi connectivity index (χ0n) is 41.9. The van der Waals surface area contributed by atoms with E-state index in [0.717, 1.165) is 45.9 Å². The Morgan fingerprint density at radius 3 is 1.47 bits per heavy atom. The Bertz CT molecular complexity index is 4010. The van der Waals surface area contributed by atoms with E-state index in [4.69, 9.17) is 0 Å². The molecule has 1 atom stereocenters. The molecule has 2 heteroatoms. The highest BCUT2D eigenvalue weighted by Gasteiger charge is 2.21. The first-order valence-corrected chi connectivity index (χ1v) is 26.1. The zero-order chi connectivity index (χ0) is 50.1. The summed E-state index contributed by atoms with van der Waals surface area (Å²) in [6, 6.07) is 100.0. The van der Waals surface area contributed by atoms with Gasteiger partial charge in [-0.05, 0) is 181 Å². The molecule has 1 aliphatic carbocycles. The van der Waals surface area contributed by atoms with Crippen molar-refractivity contribution >= 4 is 44.4 Å². The van der Waals surface area contributed by atoms with Crippen molar-refractivity contribution in [2.75, 3.05) is 4.90 Å². The molecule has 2 nitrogen and oxygen atoms in total. The Morgan fingerprint density at radius 2 is 0.813 bits per heavy atom. The van der Waals surface area contributed by atoms with Gasteiger partial charge in [-0.3, -0.25) is 0 Å². The molecule has 0 N–H and O–H groups in total. The van der Waals surface area contributed by atoms with Gasteiger partial charge in [-0.2, -0.15) is 0 Å². The third-order valence-electron chi connectivity index (χ3n) is 15.0. The van der Waals surface area contributed by atoms with Crippen LogP contribution in [0.2, 0.25) is 0 Å². The maximum atomic E-state index is 2.45. The maximum absolute atomic E-state index is 2.45. The molecule has 0 saturated carbocycles. The van der Waals surface area contributed by atoms with Gasteiger partial charge in [0.1, 0.15) is 0 Å². The van der Waals surface area contributed by atoms with Crippen molar-refractivity contribution in [3.8, 4) is 72.4 Å². The predicted molar refractivity (Wildman–Crippen MR) is 319 cm³/mol. The Morgan fingerprint density at radius 1 is 0.347 bits per heavy atom. The quantitative estimate of drug-likeness (QED) is 0.125. The molecule has 1 unspecified atom stereocenters. The molecule has 356 valence electrons. The van der Waals surface area contributed by atoms with Crippen LogP contribution in [0.4, 0.5) is 17.1 Å². The normalized spacial score (nSPS) is 13.2. The number of allylic oxidation sites excluding steroid dienone is 4. The van der Waals surface area contributed by atoms with E-state index >= 15 is 0 Å². The smallest absolute Gasteiger partial charge is 0.0547 e. The second-order valence-electron chi connectivity index (χ2n) is 19.8. The number of anilines is 3. The largest absolute Gasteiger partial charge is 0.310 e. The minimum absolute atomic E-state index is 0.394. The Balaban J connectivity index is 0.954. The lowest BCUT2D eigenvalue weighted by atomic mass is 9.86. The van der Waals surface area contributed by atoms with Gasteiger partial charge >= 0.3 is 0 Å². The summed E-state index contributed by atoms with van der Waals surface area (Å²) in [7, 11) is 0. The number of fused-ring (bicyclic) bond motifs is 3. The first-order valence-electron chi connectivity index (χ1n) is 26.1. The van der Waals surface area contributed by atoms with Crippen LogP contribution in [0.1, 0.15) is 18.9 Å². The summed E-state index contributed by atoms with van der Waals surface area (Å²) in [4.78, 5) is 2.45. The van der Waals surface area contributed by atoms with Crippen LogP contribution in [-0.2, 0) is 0 Å². The van der Waals surface area contributed by atoms with E-state index in [1.54, 1.807) is 0 Å². The summed E-state index contributed by atoms with van der Waals surface area (Å²) < 4.78 is 2.40. The highest BCUT2D eigenvalue weighted by molar-refractivity contribution is 6.16. The molecule has 0 bridgehead atoms. The molecule has 0 spiro atoms. The van der Waals surface area contributed by atoms with Gasteiger partial charge < -0.3 is 9.47 Å². The van der Waals surface area contributed by atoms with Crippen LogP contribution in [-0.4, -0.2) is 4.57 Å². The maximum Gasteiger partial charge on any atom is 0.0547 e. The van der Waals surface area contributed by atoms with Gasteiger partial charge in [-0.1, -0.05) is 207 Å². The highest BCUT2D eigenvalue weighted by Crippen LogP contribution is 2.44. The minimum atomic E-state index is 0.394. The minimum Gasteiger partial charge on any atom is -0.310 e. The van der Waals surface area contributed by atoms with Crippen molar-refractivity contribution < 1.29 is 0 Å². The van der Waals surface area contributed by atoms with Crippen molar-refractivity contribution in [3.05, 3.63) is 297 Å². The molecule has 0 amide bonds. The molecule has 1 aliphatic rings. The monoisotopic (exact) mass is 958 g/mol. The van der Waals surface area contributed by atoms with E-state index in [9.17, 15) is 0 Å². The van der Waals surface area contributed by atoms with Crippen molar-refractivity contribution in [3.63, 3.8) is 0 Å². The van der Waals surface area contributed by atoms with Crippen LogP contribution in [0.5, 0.6) is 0 Å². The number of benzene rings is 11. The number of para-hydroxylation sites is 2. The molecule has 0 fully saturated rings. The van der Waals surface area contributed by atoms with Crippen LogP contribution >= 0.6 is 0 Å². The van der Waals surface area contributed by atoms with E-state index in [-0.39, 0.29) is 0 Å². The number of nitrogens with zero attached hydrogens (tertiary/aromatic N) is 2. The lowest BCUT2D eigenvalue weighted by Gasteiger charge is -2.28. The van der Waals surface area contributed by atoms with Gasteiger partial charge in [-0.15, -0.1) is 0 Å². The number of hydrogen-bond acceptors (Lipinski definition) is 1. The summed E-state index contributed by atoms with van der Waals surface area (Å²) in [5, 5.41) is 2.50.